The highest BCUT2D eigenvalue weighted by molar-refractivity contribution is 7.89. The van der Waals surface area contributed by atoms with Gasteiger partial charge in [-0.2, -0.15) is 4.31 Å². The molecule has 8 heteroatoms. The van der Waals surface area contributed by atoms with Gasteiger partial charge in [-0.1, -0.05) is 30.3 Å². The fraction of sp³-hybridized carbons (Fsp3) is 0.350. The van der Waals surface area contributed by atoms with Gasteiger partial charge in [-0.05, 0) is 30.5 Å². The van der Waals surface area contributed by atoms with Crippen LogP contribution in [0.3, 0.4) is 0 Å². The topological polar surface area (TPSA) is 75.8 Å². The van der Waals surface area contributed by atoms with E-state index in [4.69, 9.17) is 4.42 Å². The number of aryl methyl sites for hydroxylation is 1. The molecule has 0 spiro atoms. The Morgan fingerprint density at radius 2 is 1.89 bits per heavy atom. The third-order valence-corrected chi connectivity index (χ3v) is 7.68. The molecule has 2 aliphatic heterocycles. The predicted octanol–water partition coefficient (Wildman–Crippen LogP) is 2.30. The fourth-order valence-electron chi connectivity index (χ4n) is 4.47. The standard InChI is InChI=1S/C20H21N3O4S/c1-21-17-10-9-16(12-18(17)27-20(21)24)28(25,26)23-13-15-8-5-11-22(15)19(23)14-6-3-2-4-7-14/h2-4,6-7,9-10,12,15,19H,5,8,11,13H2,1H3. The third kappa shape index (κ3) is 2.56. The van der Waals surface area contributed by atoms with Crippen LogP contribution in [-0.2, 0) is 17.1 Å². The molecular formula is C20H21N3O4S. The number of rotatable bonds is 3. The molecule has 0 N–H and O–H groups in total. The molecule has 2 unspecified atom stereocenters. The highest BCUT2D eigenvalue weighted by Crippen LogP contribution is 2.42. The average Bonchev–Trinajstić information content (AvgIpc) is 3.36. The van der Waals surface area contributed by atoms with Crippen molar-refractivity contribution in [2.45, 2.75) is 29.9 Å². The average molecular weight is 399 g/mol. The Morgan fingerprint density at radius 1 is 1.11 bits per heavy atom. The monoisotopic (exact) mass is 399 g/mol. The van der Waals surface area contributed by atoms with Gasteiger partial charge in [0.25, 0.3) is 0 Å². The van der Waals surface area contributed by atoms with Crippen LogP contribution in [-0.4, -0.2) is 41.3 Å². The van der Waals surface area contributed by atoms with E-state index in [2.05, 4.69) is 4.90 Å². The van der Waals surface area contributed by atoms with E-state index in [0.29, 0.717) is 12.1 Å². The lowest BCUT2D eigenvalue weighted by molar-refractivity contribution is 0.198. The van der Waals surface area contributed by atoms with Gasteiger partial charge in [0.05, 0.1) is 10.4 Å². The number of benzene rings is 2. The highest BCUT2D eigenvalue weighted by Gasteiger charge is 2.48. The fourth-order valence-corrected chi connectivity index (χ4v) is 6.11. The van der Waals surface area contributed by atoms with Crippen molar-refractivity contribution < 1.29 is 12.8 Å². The number of nitrogens with zero attached hydrogens (tertiary/aromatic N) is 3. The zero-order valence-corrected chi connectivity index (χ0v) is 16.3. The number of hydrogen-bond acceptors (Lipinski definition) is 5. The summed E-state index contributed by atoms with van der Waals surface area (Å²) in [7, 11) is -2.15. The van der Waals surface area contributed by atoms with Crippen LogP contribution in [0.15, 0.2) is 62.6 Å². The van der Waals surface area contributed by atoms with Gasteiger partial charge in [0, 0.05) is 32.2 Å². The van der Waals surface area contributed by atoms with Crippen molar-refractivity contribution >= 4 is 21.1 Å². The summed E-state index contributed by atoms with van der Waals surface area (Å²) in [6.45, 7) is 1.36. The molecule has 7 nitrogen and oxygen atoms in total. The van der Waals surface area contributed by atoms with Crippen molar-refractivity contribution in [1.82, 2.24) is 13.8 Å². The summed E-state index contributed by atoms with van der Waals surface area (Å²) in [6, 6.07) is 14.6. The first-order valence-corrected chi connectivity index (χ1v) is 10.8. The minimum Gasteiger partial charge on any atom is -0.408 e. The summed E-state index contributed by atoms with van der Waals surface area (Å²) >= 11 is 0. The molecular weight excluding hydrogens is 378 g/mol. The second-order valence-corrected chi connectivity index (χ2v) is 9.34. The second-order valence-electron chi connectivity index (χ2n) is 7.45. The molecule has 0 aliphatic carbocycles. The van der Waals surface area contributed by atoms with Crippen molar-refractivity contribution in [2.75, 3.05) is 13.1 Å². The Bertz CT molecular complexity index is 1200. The van der Waals surface area contributed by atoms with Crippen molar-refractivity contribution in [3.05, 3.63) is 64.6 Å². The summed E-state index contributed by atoms with van der Waals surface area (Å²) in [5, 5.41) is 0. The molecule has 2 fully saturated rings. The summed E-state index contributed by atoms with van der Waals surface area (Å²) < 4.78 is 35.3. The van der Waals surface area contributed by atoms with Gasteiger partial charge in [-0.15, -0.1) is 0 Å². The summed E-state index contributed by atoms with van der Waals surface area (Å²) in [5.41, 5.74) is 1.83. The Kier molecular flexibility index (Phi) is 3.97. The first-order valence-electron chi connectivity index (χ1n) is 9.39. The van der Waals surface area contributed by atoms with Gasteiger partial charge in [0.15, 0.2) is 5.58 Å². The van der Waals surface area contributed by atoms with Gasteiger partial charge in [-0.3, -0.25) is 9.47 Å². The molecule has 3 heterocycles. The van der Waals surface area contributed by atoms with Crippen LogP contribution in [0.1, 0.15) is 24.6 Å². The maximum Gasteiger partial charge on any atom is 0.419 e. The van der Waals surface area contributed by atoms with Crippen LogP contribution in [0.25, 0.3) is 11.1 Å². The van der Waals surface area contributed by atoms with E-state index in [-0.39, 0.29) is 22.7 Å². The Balaban J connectivity index is 1.61. The highest BCUT2D eigenvalue weighted by atomic mass is 32.2. The third-order valence-electron chi connectivity index (χ3n) is 5.87. The molecule has 28 heavy (non-hydrogen) atoms. The number of sulfonamides is 1. The zero-order chi connectivity index (χ0) is 19.5. The maximum atomic E-state index is 13.6. The van der Waals surface area contributed by atoms with Crippen molar-refractivity contribution in [3.8, 4) is 0 Å². The molecule has 5 rings (SSSR count). The number of fused-ring (bicyclic) bond motifs is 2. The van der Waals surface area contributed by atoms with Gasteiger partial charge in [0.1, 0.15) is 6.17 Å². The molecule has 0 radical (unpaired) electrons. The number of oxazole rings is 1. The molecule has 1 aromatic heterocycles. The lowest BCUT2D eigenvalue weighted by Crippen LogP contribution is -2.35. The minimum atomic E-state index is -3.75. The lowest BCUT2D eigenvalue weighted by atomic mass is 10.1. The number of aromatic nitrogens is 1. The summed E-state index contributed by atoms with van der Waals surface area (Å²) in [4.78, 5) is 14.2. The van der Waals surface area contributed by atoms with Gasteiger partial charge in [-0.25, -0.2) is 13.2 Å². The molecule has 2 aliphatic rings. The Hall–Kier alpha value is -2.42. The van der Waals surface area contributed by atoms with Crippen LogP contribution in [0.4, 0.5) is 0 Å². The summed E-state index contributed by atoms with van der Waals surface area (Å²) in [6.07, 6.45) is 1.78. The lowest BCUT2D eigenvalue weighted by Gasteiger charge is -2.29. The minimum absolute atomic E-state index is 0.149. The Labute approximate surface area is 162 Å². The van der Waals surface area contributed by atoms with Gasteiger partial charge in [0.2, 0.25) is 10.0 Å². The molecule has 0 amide bonds. The van der Waals surface area contributed by atoms with Crippen LogP contribution in [0.2, 0.25) is 0 Å². The zero-order valence-electron chi connectivity index (χ0n) is 15.5. The van der Waals surface area contributed by atoms with Crippen LogP contribution < -0.4 is 5.76 Å². The van der Waals surface area contributed by atoms with E-state index in [1.54, 1.807) is 23.5 Å². The van der Waals surface area contributed by atoms with E-state index in [1.807, 2.05) is 30.3 Å². The maximum absolute atomic E-state index is 13.6. The quantitative estimate of drug-likeness (QED) is 0.676. The van der Waals surface area contributed by atoms with Crippen LogP contribution >= 0.6 is 0 Å². The number of hydrogen-bond donors (Lipinski definition) is 0. The van der Waals surface area contributed by atoms with Gasteiger partial charge < -0.3 is 4.42 Å². The molecule has 2 saturated heterocycles. The van der Waals surface area contributed by atoms with E-state index >= 15 is 0 Å². The van der Waals surface area contributed by atoms with Crippen LogP contribution in [0, 0.1) is 0 Å². The largest absolute Gasteiger partial charge is 0.419 e. The SMILES string of the molecule is Cn1c(=O)oc2cc(S(=O)(=O)N3CC4CCCN4C3c3ccccc3)ccc21. The van der Waals surface area contributed by atoms with Crippen molar-refractivity contribution in [1.29, 1.82) is 0 Å². The summed E-state index contributed by atoms with van der Waals surface area (Å²) in [5.74, 6) is -0.506. The van der Waals surface area contributed by atoms with E-state index in [1.165, 1.54) is 10.6 Å². The second kappa shape index (κ2) is 6.30. The van der Waals surface area contributed by atoms with Crippen LogP contribution in [0.5, 0.6) is 0 Å². The van der Waals surface area contributed by atoms with Crippen molar-refractivity contribution in [3.63, 3.8) is 0 Å². The van der Waals surface area contributed by atoms with Crippen molar-refractivity contribution in [2.24, 2.45) is 7.05 Å². The van der Waals surface area contributed by atoms with E-state index < -0.39 is 15.8 Å². The molecule has 2 atom stereocenters. The van der Waals surface area contributed by atoms with E-state index in [0.717, 1.165) is 24.9 Å². The predicted molar refractivity (Wildman–Crippen MR) is 104 cm³/mol. The smallest absolute Gasteiger partial charge is 0.408 e. The first-order chi connectivity index (χ1) is 13.5. The van der Waals surface area contributed by atoms with Gasteiger partial charge >= 0.3 is 5.76 Å². The Morgan fingerprint density at radius 3 is 2.68 bits per heavy atom. The molecule has 2 aromatic carbocycles. The molecule has 0 bridgehead atoms. The normalized spacial score (nSPS) is 23.5. The molecule has 146 valence electrons. The first kappa shape index (κ1) is 17.7. The molecule has 0 saturated carbocycles. The van der Waals surface area contributed by atoms with E-state index in [9.17, 15) is 13.2 Å². The molecule has 3 aromatic rings.